The van der Waals surface area contributed by atoms with Gasteiger partial charge >= 0.3 is 32.4 Å². The topological polar surface area (TPSA) is 74.6 Å². The number of halogens is 10. The first-order valence-electron chi connectivity index (χ1n) is 6.96. The number of aromatic carboxylic acids is 2. The van der Waals surface area contributed by atoms with Gasteiger partial charge in [-0.2, -0.15) is 0 Å². The van der Waals surface area contributed by atoms with Crippen LogP contribution in [0.5, 0.6) is 0 Å². The molecule has 2 aromatic rings. The van der Waals surface area contributed by atoms with Gasteiger partial charge in [0, 0.05) is 0 Å². The summed E-state index contributed by atoms with van der Waals surface area (Å²) < 4.78 is 123. The van der Waals surface area contributed by atoms with E-state index in [1.807, 2.05) is 0 Å². The fourth-order valence-corrected chi connectivity index (χ4v) is 3.77. The molecule has 172 valence electrons. The summed E-state index contributed by atoms with van der Waals surface area (Å²) in [5.74, 6) is -4.09. The highest BCUT2D eigenvalue weighted by Gasteiger charge is 2.67. The first kappa shape index (κ1) is 25.4. The van der Waals surface area contributed by atoms with Gasteiger partial charge in [-0.1, -0.05) is 63.1 Å². The number of carbonyl (C=O) groups is 2. The lowest BCUT2D eigenvalue weighted by molar-refractivity contribution is 0.0680. The molecule has 0 aliphatic carbocycles. The van der Waals surface area contributed by atoms with Crippen LogP contribution < -0.4 is 0 Å². The number of hydrogen-bond acceptors (Lipinski definition) is 2. The molecule has 0 aliphatic rings. The first-order chi connectivity index (χ1) is 12.8. The molecule has 0 unspecified atom stereocenters. The number of hydrogen-bond donors (Lipinski definition) is 2. The van der Waals surface area contributed by atoms with Crippen LogP contribution in [0.1, 0.15) is 20.7 Å². The second-order valence-electron chi connectivity index (χ2n) is 5.54. The van der Waals surface area contributed by atoms with E-state index >= 15 is 0 Å². The van der Waals surface area contributed by atoms with Gasteiger partial charge in [0.15, 0.2) is 0 Å². The molecule has 0 amide bonds. The Morgan fingerprint density at radius 3 is 0.933 bits per heavy atom. The number of carboxylic acids is 2. The minimum Gasteiger partial charge on any atom is -0.478 e. The van der Waals surface area contributed by atoms with Gasteiger partial charge in [0.1, 0.15) is 9.79 Å². The predicted molar refractivity (Wildman–Crippen MR) is 89.6 cm³/mol. The van der Waals surface area contributed by atoms with Gasteiger partial charge in [0.25, 0.3) is 0 Å². The van der Waals surface area contributed by atoms with E-state index in [0.29, 0.717) is 24.3 Å². The van der Waals surface area contributed by atoms with Crippen molar-refractivity contribution in [3.63, 3.8) is 0 Å². The van der Waals surface area contributed by atoms with E-state index in [0.717, 1.165) is 12.1 Å². The molecule has 0 saturated carbocycles. The van der Waals surface area contributed by atoms with E-state index in [9.17, 15) is 48.4 Å². The van der Waals surface area contributed by atoms with Crippen molar-refractivity contribution < 1.29 is 58.7 Å². The van der Waals surface area contributed by atoms with E-state index in [1.165, 1.54) is 0 Å². The predicted octanol–water partition coefficient (Wildman–Crippen LogP) is 8.08. The summed E-state index contributed by atoms with van der Waals surface area (Å²) in [6.45, 7) is 0. The summed E-state index contributed by atoms with van der Waals surface area (Å²) >= 11 is 0. The minimum atomic E-state index is -9.93. The maximum absolute atomic E-state index is 12.3. The largest absolute Gasteiger partial charge is 0.478 e. The molecule has 0 saturated heterocycles. The van der Waals surface area contributed by atoms with E-state index < -0.39 is 53.3 Å². The van der Waals surface area contributed by atoms with Gasteiger partial charge < -0.3 is 10.2 Å². The molecule has 16 heteroatoms. The van der Waals surface area contributed by atoms with Crippen LogP contribution in [-0.2, 0) is 0 Å². The molecular formula is C14H10F10O4S2. The van der Waals surface area contributed by atoms with Crippen LogP contribution >= 0.6 is 20.4 Å². The third-order valence-corrected chi connectivity index (χ3v) is 5.44. The first-order valence-corrected chi connectivity index (χ1v) is 10.9. The summed E-state index contributed by atoms with van der Waals surface area (Å²) in [5.41, 5.74) is -2.90. The van der Waals surface area contributed by atoms with Crippen molar-refractivity contribution >= 4 is 32.4 Å². The third kappa shape index (κ3) is 6.72. The molecule has 0 aliphatic heterocycles. The summed E-state index contributed by atoms with van der Waals surface area (Å²) in [4.78, 5) is 15.9. The zero-order valence-corrected chi connectivity index (χ0v) is 15.6. The Morgan fingerprint density at radius 2 is 0.767 bits per heavy atom. The Bertz CT molecular complexity index is 933. The van der Waals surface area contributed by atoms with Gasteiger partial charge in [-0.25, -0.2) is 9.59 Å². The van der Waals surface area contributed by atoms with Crippen molar-refractivity contribution in [2.45, 2.75) is 9.79 Å². The molecule has 2 rings (SSSR count). The van der Waals surface area contributed by atoms with E-state index in [2.05, 4.69) is 0 Å². The van der Waals surface area contributed by atoms with Crippen LogP contribution in [0.15, 0.2) is 58.3 Å². The van der Waals surface area contributed by atoms with Crippen LogP contribution in [-0.4, -0.2) is 22.2 Å². The van der Waals surface area contributed by atoms with Crippen molar-refractivity contribution in [2.24, 2.45) is 0 Å². The van der Waals surface area contributed by atoms with Gasteiger partial charge in [0.2, 0.25) is 0 Å². The minimum absolute atomic E-state index is 0.0605. The molecule has 30 heavy (non-hydrogen) atoms. The zero-order valence-electron chi connectivity index (χ0n) is 13.9. The average Bonchev–Trinajstić information content (AvgIpc) is 2.51. The van der Waals surface area contributed by atoms with Crippen molar-refractivity contribution in [3.05, 3.63) is 59.7 Å². The fourth-order valence-electron chi connectivity index (χ4n) is 1.96. The Balaban J connectivity index is 0.000000300. The lowest BCUT2D eigenvalue weighted by atomic mass is 10.2. The quantitative estimate of drug-likeness (QED) is 0.420. The van der Waals surface area contributed by atoms with Gasteiger partial charge in [-0.3, -0.25) is 0 Å². The van der Waals surface area contributed by atoms with Crippen molar-refractivity contribution in [3.8, 4) is 0 Å². The van der Waals surface area contributed by atoms with Gasteiger partial charge in [0.05, 0.1) is 11.1 Å². The molecule has 0 aromatic heterocycles. The van der Waals surface area contributed by atoms with Gasteiger partial charge in [-0.15, -0.1) is 0 Å². The Hall–Kier alpha value is -2.62. The third-order valence-electron chi connectivity index (χ3n) is 3.07. The zero-order chi connectivity index (χ0) is 23.9. The number of carboxylic acid groups (broad SMARTS) is 2. The van der Waals surface area contributed by atoms with Crippen LogP contribution in [0.2, 0.25) is 0 Å². The Morgan fingerprint density at radius 1 is 0.533 bits per heavy atom. The molecule has 0 heterocycles. The standard InChI is InChI=1S/2C7H5F5O2S/c2*8-15(9,10,11,12)6-4-2-1-3-5(6)7(13)14/h2*1-4H,(H,13,14). The van der Waals surface area contributed by atoms with Crippen LogP contribution in [0.25, 0.3) is 0 Å². The monoisotopic (exact) mass is 496 g/mol. The molecule has 0 bridgehead atoms. The highest BCUT2D eigenvalue weighted by atomic mass is 32.5. The molecule has 0 atom stereocenters. The highest BCUT2D eigenvalue weighted by Crippen LogP contribution is 3.03. The van der Waals surface area contributed by atoms with E-state index in [1.54, 1.807) is 0 Å². The fraction of sp³-hybridized carbons (Fsp3) is 0. The number of rotatable bonds is 4. The summed E-state index contributed by atoms with van der Waals surface area (Å²) in [6, 6.07) is 4.38. The molecule has 2 aromatic carbocycles. The van der Waals surface area contributed by atoms with Crippen LogP contribution in [0.4, 0.5) is 38.9 Å². The van der Waals surface area contributed by atoms with Crippen LogP contribution in [0, 0.1) is 0 Å². The van der Waals surface area contributed by atoms with Crippen molar-refractivity contribution in [1.29, 1.82) is 0 Å². The van der Waals surface area contributed by atoms with E-state index in [-0.39, 0.29) is 12.1 Å². The van der Waals surface area contributed by atoms with Crippen molar-refractivity contribution in [2.75, 3.05) is 0 Å². The molecular weight excluding hydrogens is 486 g/mol. The maximum atomic E-state index is 12.3. The summed E-state index contributed by atoms with van der Waals surface area (Å²) in [6.07, 6.45) is 0. The van der Waals surface area contributed by atoms with E-state index in [4.69, 9.17) is 10.2 Å². The second kappa shape index (κ2) is 5.96. The number of benzene rings is 2. The van der Waals surface area contributed by atoms with Crippen LogP contribution in [0.3, 0.4) is 0 Å². The lowest BCUT2D eigenvalue weighted by Crippen LogP contribution is -2.12. The molecule has 0 radical (unpaired) electrons. The lowest BCUT2D eigenvalue weighted by Gasteiger charge is -2.41. The normalized spacial score (nSPS) is 16.6. The average molecular weight is 496 g/mol. The smallest absolute Gasteiger partial charge is 0.337 e. The van der Waals surface area contributed by atoms with Crippen molar-refractivity contribution in [1.82, 2.24) is 0 Å². The molecule has 0 fully saturated rings. The summed E-state index contributed by atoms with van der Waals surface area (Å²) in [7, 11) is -19.9. The molecule has 4 nitrogen and oxygen atoms in total. The Labute approximate surface area is 161 Å². The molecule has 0 spiro atoms. The summed E-state index contributed by atoms with van der Waals surface area (Å²) in [5, 5.41) is 16.7. The molecule has 2 N–H and O–H groups in total. The Kier molecular flexibility index (Phi) is 5.05. The maximum Gasteiger partial charge on any atom is 0.337 e. The van der Waals surface area contributed by atoms with Gasteiger partial charge in [-0.05, 0) is 24.3 Å². The second-order valence-corrected chi connectivity index (χ2v) is 10.3. The highest BCUT2D eigenvalue weighted by molar-refractivity contribution is 8.46. The SMILES string of the molecule is O=C(O)c1ccccc1S(F)(F)(F)(F)F.O=C(O)c1ccccc1S(F)(F)(F)(F)F.